The highest BCUT2D eigenvalue weighted by molar-refractivity contribution is 5.45. The average molecular weight is 181 g/mol. The summed E-state index contributed by atoms with van der Waals surface area (Å²) in [5.74, 6) is 0. The van der Waals surface area contributed by atoms with Gasteiger partial charge in [0.25, 0.3) is 0 Å². The minimum atomic E-state index is 1.01. The van der Waals surface area contributed by atoms with Crippen LogP contribution in [0.3, 0.4) is 0 Å². The third kappa shape index (κ3) is 2.76. The van der Waals surface area contributed by atoms with Crippen LogP contribution in [0.4, 0.5) is 5.69 Å². The van der Waals surface area contributed by atoms with Crippen LogP contribution in [-0.2, 0) is 6.54 Å². The predicted molar refractivity (Wildman–Crippen MR) is 56.0 cm³/mol. The summed E-state index contributed by atoms with van der Waals surface area (Å²) in [6.45, 7) is 8.41. The zero-order chi connectivity index (χ0) is 9.68. The van der Waals surface area contributed by atoms with Crippen LogP contribution in [0.15, 0.2) is 6.20 Å². The van der Waals surface area contributed by atoms with E-state index in [0.717, 1.165) is 31.6 Å². The maximum Gasteiger partial charge on any atom is 0.0825 e. The number of nitrogens with zero attached hydrogens (tertiary/aromatic N) is 2. The Morgan fingerprint density at radius 3 is 2.77 bits per heavy atom. The molecule has 0 saturated carbocycles. The van der Waals surface area contributed by atoms with Crippen LogP contribution in [0.2, 0.25) is 0 Å². The number of rotatable bonds is 5. The molecule has 0 bridgehead atoms. The van der Waals surface area contributed by atoms with E-state index in [2.05, 4.69) is 30.5 Å². The summed E-state index contributed by atoms with van der Waals surface area (Å²) < 4.78 is 2.01. The molecular weight excluding hydrogens is 162 g/mol. The summed E-state index contributed by atoms with van der Waals surface area (Å²) >= 11 is 0. The Labute approximate surface area is 80.1 Å². The van der Waals surface area contributed by atoms with Gasteiger partial charge in [0.1, 0.15) is 0 Å². The van der Waals surface area contributed by atoms with E-state index in [4.69, 9.17) is 0 Å². The van der Waals surface area contributed by atoms with E-state index in [9.17, 15) is 0 Å². The standard InChI is InChI=1S/C10H19N3/c1-4-6-11-10-8-13(7-5-2)12-9(10)3/h8,11H,4-7H2,1-3H3. The first kappa shape index (κ1) is 10.1. The number of hydrogen-bond donors (Lipinski definition) is 1. The molecule has 0 atom stereocenters. The van der Waals surface area contributed by atoms with Crippen LogP contribution < -0.4 is 5.32 Å². The Kier molecular flexibility index (Phi) is 3.80. The third-order valence-corrected chi connectivity index (χ3v) is 1.96. The number of nitrogens with one attached hydrogen (secondary N) is 1. The summed E-state index contributed by atoms with van der Waals surface area (Å²) in [5, 5.41) is 7.77. The van der Waals surface area contributed by atoms with Crippen molar-refractivity contribution in [3.05, 3.63) is 11.9 Å². The summed E-state index contributed by atoms with van der Waals surface area (Å²) in [6.07, 6.45) is 4.38. The van der Waals surface area contributed by atoms with Gasteiger partial charge in [-0.05, 0) is 19.8 Å². The molecule has 3 heteroatoms. The minimum absolute atomic E-state index is 1.01. The molecule has 1 aromatic heterocycles. The van der Waals surface area contributed by atoms with Gasteiger partial charge in [0.05, 0.1) is 11.4 Å². The molecule has 0 aromatic carbocycles. The van der Waals surface area contributed by atoms with Crippen LogP contribution in [0.1, 0.15) is 32.4 Å². The molecule has 0 aliphatic heterocycles. The van der Waals surface area contributed by atoms with Crippen molar-refractivity contribution < 1.29 is 0 Å². The molecule has 0 unspecified atom stereocenters. The SMILES string of the molecule is CCCNc1cn(CCC)nc1C. The van der Waals surface area contributed by atoms with Crippen molar-refractivity contribution >= 4 is 5.69 Å². The fraction of sp³-hybridized carbons (Fsp3) is 0.700. The third-order valence-electron chi connectivity index (χ3n) is 1.96. The van der Waals surface area contributed by atoms with Crippen molar-refractivity contribution in [2.24, 2.45) is 0 Å². The lowest BCUT2D eigenvalue weighted by molar-refractivity contribution is 0.598. The number of aryl methyl sites for hydroxylation is 2. The van der Waals surface area contributed by atoms with Crippen molar-refractivity contribution in [1.29, 1.82) is 0 Å². The molecule has 0 aliphatic carbocycles. The lowest BCUT2D eigenvalue weighted by Gasteiger charge is -2.00. The second-order valence-corrected chi connectivity index (χ2v) is 3.32. The lowest BCUT2D eigenvalue weighted by Crippen LogP contribution is -1.99. The highest BCUT2D eigenvalue weighted by Gasteiger charge is 2.02. The molecule has 0 fully saturated rings. The summed E-state index contributed by atoms with van der Waals surface area (Å²) in [4.78, 5) is 0. The first-order valence-electron chi connectivity index (χ1n) is 5.05. The number of anilines is 1. The van der Waals surface area contributed by atoms with Gasteiger partial charge >= 0.3 is 0 Å². The molecule has 1 heterocycles. The van der Waals surface area contributed by atoms with Gasteiger partial charge in [0.15, 0.2) is 0 Å². The van der Waals surface area contributed by atoms with E-state index in [-0.39, 0.29) is 0 Å². The molecule has 13 heavy (non-hydrogen) atoms. The molecule has 1 rings (SSSR count). The van der Waals surface area contributed by atoms with Crippen LogP contribution >= 0.6 is 0 Å². The topological polar surface area (TPSA) is 29.9 Å². The maximum atomic E-state index is 4.41. The molecule has 3 nitrogen and oxygen atoms in total. The van der Waals surface area contributed by atoms with Crippen LogP contribution in [0.25, 0.3) is 0 Å². The van der Waals surface area contributed by atoms with Gasteiger partial charge in [-0.3, -0.25) is 4.68 Å². The van der Waals surface area contributed by atoms with E-state index in [1.807, 2.05) is 11.6 Å². The van der Waals surface area contributed by atoms with Gasteiger partial charge in [-0.25, -0.2) is 0 Å². The zero-order valence-electron chi connectivity index (χ0n) is 8.80. The normalized spacial score (nSPS) is 10.4. The number of hydrogen-bond acceptors (Lipinski definition) is 2. The van der Waals surface area contributed by atoms with Crippen LogP contribution in [0.5, 0.6) is 0 Å². The second-order valence-electron chi connectivity index (χ2n) is 3.32. The Morgan fingerprint density at radius 1 is 1.38 bits per heavy atom. The van der Waals surface area contributed by atoms with E-state index >= 15 is 0 Å². The van der Waals surface area contributed by atoms with Gasteiger partial charge in [0.2, 0.25) is 0 Å². The summed E-state index contributed by atoms with van der Waals surface area (Å²) in [7, 11) is 0. The maximum absolute atomic E-state index is 4.41. The monoisotopic (exact) mass is 181 g/mol. The van der Waals surface area contributed by atoms with Gasteiger partial charge in [0, 0.05) is 19.3 Å². The highest BCUT2D eigenvalue weighted by atomic mass is 15.3. The fourth-order valence-electron chi connectivity index (χ4n) is 1.29. The smallest absolute Gasteiger partial charge is 0.0825 e. The summed E-state index contributed by atoms with van der Waals surface area (Å²) in [5.41, 5.74) is 2.28. The molecule has 74 valence electrons. The Hall–Kier alpha value is -0.990. The fourth-order valence-corrected chi connectivity index (χ4v) is 1.29. The molecule has 0 aliphatic rings. The molecule has 1 N–H and O–H groups in total. The minimum Gasteiger partial charge on any atom is -0.382 e. The quantitative estimate of drug-likeness (QED) is 0.756. The Balaban J connectivity index is 2.60. The first-order valence-corrected chi connectivity index (χ1v) is 5.05. The average Bonchev–Trinajstić information content (AvgIpc) is 2.44. The summed E-state index contributed by atoms with van der Waals surface area (Å²) in [6, 6.07) is 0. The van der Waals surface area contributed by atoms with E-state index in [1.165, 1.54) is 5.69 Å². The van der Waals surface area contributed by atoms with Crippen molar-refractivity contribution in [3.63, 3.8) is 0 Å². The molecular formula is C10H19N3. The van der Waals surface area contributed by atoms with Gasteiger partial charge in [-0.2, -0.15) is 5.10 Å². The van der Waals surface area contributed by atoms with E-state index < -0.39 is 0 Å². The second kappa shape index (κ2) is 4.90. The Morgan fingerprint density at radius 2 is 2.15 bits per heavy atom. The molecule has 0 saturated heterocycles. The van der Waals surface area contributed by atoms with Gasteiger partial charge < -0.3 is 5.32 Å². The largest absolute Gasteiger partial charge is 0.382 e. The van der Waals surface area contributed by atoms with Crippen LogP contribution in [0, 0.1) is 6.92 Å². The van der Waals surface area contributed by atoms with Gasteiger partial charge in [-0.1, -0.05) is 13.8 Å². The molecule has 1 aromatic rings. The zero-order valence-corrected chi connectivity index (χ0v) is 8.80. The van der Waals surface area contributed by atoms with E-state index in [0.29, 0.717) is 0 Å². The molecule has 0 spiro atoms. The van der Waals surface area contributed by atoms with Crippen molar-refractivity contribution in [3.8, 4) is 0 Å². The highest BCUT2D eigenvalue weighted by Crippen LogP contribution is 2.12. The Bertz CT molecular complexity index is 253. The first-order chi connectivity index (χ1) is 6.27. The lowest BCUT2D eigenvalue weighted by atomic mass is 10.4. The van der Waals surface area contributed by atoms with E-state index in [1.54, 1.807) is 0 Å². The van der Waals surface area contributed by atoms with Crippen molar-refractivity contribution in [1.82, 2.24) is 9.78 Å². The van der Waals surface area contributed by atoms with Crippen molar-refractivity contribution in [2.75, 3.05) is 11.9 Å². The number of aromatic nitrogens is 2. The van der Waals surface area contributed by atoms with Gasteiger partial charge in [-0.15, -0.1) is 0 Å². The molecule has 0 amide bonds. The molecule has 0 radical (unpaired) electrons. The predicted octanol–water partition coefficient (Wildman–Crippen LogP) is 2.42. The van der Waals surface area contributed by atoms with Crippen molar-refractivity contribution in [2.45, 2.75) is 40.2 Å². The van der Waals surface area contributed by atoms with Crippen LogP contribution in [-0.4, -0.2) is 16.3 Å².